The molecule has 1 unspecified atom stereocenters. The molecule has 4 heteroatoms. The minimum Gasteiger partial charge on any atom is -0.508 e. The molecule has 0 saturated carbocycles. The van der Waals surface area contributed by atoms with Crippen molar-refractivity contribution in [1.82, 2.24) is 5.32 Å². The number of rotatable bonds is 6. The number of hydrogen-bond donors (Lipinski definition) is 3. The second-order valence-corrected chi connectivity index (χ2v) is 5.38. The average molecular weight is 264 g/mol. The lowest BCUT2D eigenvalue weighted by atomic mass is 10.0. The summed E-state index contributed by atoms with van der Waals surface area (Å²) in [6, 6.07) is 6.77. The molecule has 0 bridgehead atoms. The molecule has 4 nitrogen and oxygen atoms in total. The van der Waals surface area contributed by atoms with Crippen molar-refractivity contribution in [2.75, 3.05) is 0 Å². The van der Waals surface area contributed by atoms with Gasteiger partial charge in [-0.15, -0.1) is 0 Å². The molecule has 0 fully saturated rings. The molecule has 0 aliphatic heterocycles. The van der Waals surface area contributed by atoms with Crippen molar-refractivity contribution in [2.24, 2.45) is 11.7 Å². The summed E-state index contributed by atoms with van der Waals surface area (Å²) < 4.78 is 0. The predicted octanol–water partition coefficient (Wildman–Crippen LogP) is 1.81. The zero-order valence-corrected chi connectivity index (χ0v) is 11.9. The van der Waals surface area contributed by atoms with Crippen LogP contribution in [0.2, 0.25) is 0 Å². The van der Waals surface area contributed by atoms with Gasteiger partial charge in [-0.2, -0.15) is 0 Å². The normalized spacial score (nSPS) is 14.2. The summed E-state index contributed by atoms with van der Waals surface area (Å²) in [5.41, 5.74) is 6.94. The van der Waals surface area contributed by atoms with Crippen molar-refractivity contribution >= 4 is 5.91 Å². The minimum absolute atomic E-state index is 0.0890. The van der Waals surface area contributed by atoms with E-state index in [1.165, 1.54) is 0 Å². The Morgan fingerprint density at radius 2 is 1.84 bits per heavy atom. The Labute approximate surface area is 115 Å². The van der Waals surface area contributed by atoms with Crippen LogP contribution in [0.5, 0.6) is 5.75 Å². The highest BCUT2D eigenvalue weighted by molar-refractivity contribution is 5.81. The highest BCUT2D eigenvalue weighted by Gasteiger charge is 2.18. The Bertz CT molecular complexity index is 401. The molecule has 0 spiro atoms. The minimum atomic E-state index is -0.448. The lowest BCUT2D eigenvalue weighted by Crippen LogP contribution is -2.47. The number of amides is 1. The van der Waals surface area contributed by atoms with E-state index in [0.717, 1.165) is 18.4 Å². The monoisotopic (exact) mass is 264 g/mol. The van der Waals surface area contributed by atoms with E-state index in [9.17, 15) is 9.90 Å². The maximum atomic E-state index is 11.8. The Morgan fingerprint density at radius 1 is 1.26 bits per heavy atom. The van der Waals surface area contributed by atoms with Gasteiger partial charge in [-0.05, 0) is 43.4 Å². The summed E-state index contributed by atoms with van der Waals surface area (Å²) in [5, 5.41) is 12.1. The van der Waals surface area contributed by atoms with Crippen LogP contribution >= 0.6 is 0 Å². The first-order valence-corrected chi connectivity index (χ1v) is 6.74. The Kier molecular flexibility index (Phi) is 5.83. The van der Waals surface area contributed by atoms with E-state index in [4.69, 9.17) is 5.73 Å². The summed E-state index contributed by atoms with van der Waals surface area (Å²) >= 11 is 0. The third-order valence-electron chi connectivity index (χ3n) is 3.21. The van der Waals surface area contributed by atoms with Crippen LogP contribution in [0, 0.1) is 5.92 Å². The van der Waals surface area contributed by atoms with Gasteiger partial charge in [0.15, 0.2) is 0 Å². The lowest BCUT2D eigenvalue weighted by Gasteiger charge is -2.19. The Balaban J connectivity index is 2.37. The van der Waals surface area contributed by atoms with E-state index in [-0.39, 0.29) is 23.6 Å². The first kappa shape index (κ1) is 15.5. The Hall–Kier alpha value is -1.55. The van der Waals surface area contributed by atoms with Crippen LogP contribution in [-0.4, -0.2) is 23.1 Å². The number of carbonyl (C=O) groups is 1. The van der Waals surface area contributed by atoms with Gasteiger partial charge in [0, 0.05) is 6.04 Å². The van der Waals surface area contributed by atoms with Crippen LogP contribution in [0.25, 0.3) is 0 Å². The maximum absolute atomic E-state index is 11.8. The number of hydrogen-bond acceptors (Lipinski definition) is 3. The molecule has 0 aliphatic rings. The molecule has 1 aromatic rings. The van der Waals surface area contributed by atoms with Gasteiger partial charge >= 0.3 is 0 Å². The van der Waals surface area contributed by atoms with E-state index in [2.05, 4.69) is 5.32 Å². The van der Waals surface area contributed by atoms with Crippen molar-refractivity contribution < 1.29 is 9.90 Å². The number of phenols is 1. The van der Waals surface area contributed by atoms with E-state index < -0.39 is 6.04 Å². The van der Waals surface area contributed by atoms with E-state index in [0.29, 0.717) is 0 Å². The predicted molar refractivity (Wildman–Crippen MR) is 76.8 cm³/mol. The summed E-state index contributed by atoms with van der Waals surface area (Å²) in [5.74, 6) is 0.325. The van der Waals surface area contributed by atoms with Crippen molar-refractivity contribution in [3.05, 3.63) is 29.8 Å². The van der Waals surface area contributed by atoms with Crippen LogP contribution in [0.4, 0.5) is 0 Å². The van der Waals surface area contributed by atoms with Gasteiger partial charge in [-0.1, -0.05) is 26.0 Å². The number of nitrogens with two attached hydrogens (primary N) is 1. The molecule has 0 radical (unpaired) electrons. The molecule has 19 heavy (non-hydrogen) atoms. The second kappa shape index (κ2) is 7.14. The molecule has 2 atom stereocenters. The van der Waals surface area contributed by atoms with Crippen molar-refractivity contribution in [1.29, 1.82) is 0 Å². The molecule has 1 aromatic carbocycles. The van der Waals surface area contributed by atoms with Crippen LogP contribution in [0.1, 0.15) is 32.8 Å². The van der Waals surface area contributed by atoms with Gasteiger partial charge in [0.05, 0.1) is 6.04 Å². The largest absolute Gasteiger partial charge is 0.508 e. The molecule has 0 aromatic heterocycles. The summed E-state index contributed by atoms with van der Waals surface area (Å²) in [4.78, 5) is 11.8. The molecule has 0 aliphatic carbocycles. The topological polar surface area (TPSA) is 75.3 Å². The van der Waals surface area contributed by atoms with E-state index in [1.807, 2.05) is 32.9 Å². The average Bonchev–Trinajstić information content (AvgIpc) is 2.37. The first-order chi connectivity index (χ1) is 8.90. The summed E-state index contributed by atoms with van der Waals surface area (Å²) in [6.07, 6.45) is 1.71. The highest BCUT2D eigenvalue weighted by Crippen LogP contribution is 2.12. The zero-order chi connectivity index (χ0) is 14.4. The van der Waals surface area contributed by atoms with Crippen LogP contribution in [0.3, 0.4) is 0 Å². The molecule has 0 saturated heterocycles. The molecular formula is C15H24N2O2. The van der Waals surface area contributed by atoms with E-state index >= 15 is 0 Å². The number of phenolic OH excluding ortho intramolecular Hbond substituents is 1. The zero-order valence-electron chi connectivity index (χ0n) is 11.9. The molecule has 0 heterocycles. The fourth-order valence-corrected chi connectivity index (χ4v) is 1.76. The maximum Gasteiger partial charge on any atom is 0.237 e. The molecule has 106 valence electrons. The number of benzene rings is 1. The quantitative estimate of drug-likeness (QED) is 0.733. The molecule has 4 N–H and O–H groups in total. The number of aromatic hydroxyl groups is 1. The number of nitrogens with one attached hydrogen (secondary N) is 1. The van der Waals surface area contributed by atoms with Gasteiger partial charge < -0.3 is 16.2 Å². The summed E-state index contributed by atoms with van der Waals surface area (Å²) in [7, 11) is 0. The molecular weight excluding hydrogens is 240 g/mol. The van der Waals surface area contributed by atoms with Crippen molar-refractivity contribution in [3.63, 3.8) is 0 Å². The van der Waals surface area contributed by atoms with Gasteiger partial charge in [0.1, 0.15) is 5.75 Å². The van der Waals surface area contributed by atoms with Crippen molar-refractivity contribution in [3.8, 4) is 5.75 Å². The summed E-state index contributed by atoms with van der Waals surface area (Å²) in [6.45, 7) is 5.85. The number of carbonyl (C=O) groups excluding carboxylic acids is 1. The first-order valence-electron chi connectivity index (χ1n) is 6.74. The highest BCUT2D eigenvalue weighted by atomic mass is 16.3. The lowest BCUT2D eigenvalue weighted by molar-refractivity contribution is -0.123. The van der Waals surface area contributed by atoms with Gasteiger partial charge in [-0.3, -0.25) is 4.79 Å². The Morgan fingerprint density at radius 3 is 2.37 bits per heavy atom. The van der Waals surface area contributed by atoms with Gasteiger partial charge in [-0.25, -0.2) is 0 Å². The van der Waals surface area contributed by atoms with Gasteiger partial charge in [0.25, 0.3) is 0 Å². The van der Waals surface area contributed by atoms with E-state index in [1.54, 1.807) is 12.1 Å². The smallest absolute Gasteiger partial charge is 0.237 e. The second-order valence-electron chi connectivity index (χ2n) is 5.38. The van der Waals surface area contributed by atoms with Crippen molar-refractivity contribution in [2.45, 2.75) is 45.7 Å². The fourth-order valence-electron chi connectivity index (χ4n) is 1.76. The third kappa shape index (κ3) is 5.30. The van der Waals surface area contributed by atoms with Crippen LogP contribution in [0.15, 0.2) is 24.3 Å². The van der Waals surface area contributed by atoms with Crippen LogP contribution in [-0.2, 0) is 11.2 Å². The standard InChI is InChI=1S/C15H24N2O2/c1-10(2)14(16)15(19)17-11(3)4-5-12-6-8-13(18)9-7-12/h6-11,14,18H,4-5,16H2,1-3H3,(H,17,19)/t11?,14-/m0/s1. The molecule has 1 rings (SSSR count). The number of aryl methyl sites for hydroxylation is 1. The van der Waals surface area contributed by atoms with Gasteiger partial charge in [0.2, 0.25) is 5.91 Å². The fraction of sp³-hybridized carbons (Fsp3) is 0.533. The SMILES string of the molecule is CC(CCc1ccc(O)cc1)NC(=O)[C@@H](N)C(C)C. The van der Waals surface area contributed by atoms with Crippen LogP contribution < -0.4 is 11.1 Å². The molecule has 1 amide bonds. The third-order valence-corrected chi connectivity index (χ3v) is 3.21.